The van der Waals surface area contributed by atoms with Crippen LogP contribution >= 0.6 is 0 Å². The smallest absolute Gasteiger partial charge is 0.361 e. The standard InChI is InChI=1S/C18H27F6N3/c19-17(20,21)13-27-16-14(11-15(12-26-16)18(22,23)24)9-7-5-3-1-2-4-6-8-10-25/h11-12H,1-10,13,25H2,(H,26,27). The molecule has 0 fully saturated rings. The van der Waals surface area contributed by atoms with Crippen LogP contribution in [0.1, 0.15) is 62.5 Å². The maximum absolute atomic E-state index is 12.8. The second-order valence-electron chi connectivity index (χ2n) is 6.57. The third-order valence-electron chi connectivity index (χ3n) is 4.15. The van der Waals surface area contributed by atoms with Gasteiger partial charge in [-0.05, 0) is 37.4 Å². The Balaban J connectivity index is 2.54. The number of nitrogens with zero attached hydrogens (tertiary/aromatic N) is 1. The molecule has 156 valence electrons. The molecule has 0 spiro atoms. The highest BCUT2D eigenvalue weighted by atomic mass is 19.4. The van der Waals surface area contributed by atoms with Gasteiger partial charge in [0.15, 0.2) is 0 Å². The molecule has 0 aromatic carbocycles. The topological polar surface area (TPSA) is 50.9 Å². The van der Waals surface area contributed by atoms with Crippen LogP contribution in [0.5, 0.6) is 0 Å². The van der Waals surface area contributed by atoms with E-state index in [9.17, 15) is 26.3 Å². The van der Waals surface area contributed by atoms with Crippen LogP contribution in [-0.4, -0.2) is 24.2 Å². The molecule has 1 heterocycles. The average Bonchev–Trinajstić information content (AvgIpc) is 2.57. The zero-order chi connectivity index (χ0) is 20.3. The second kappa shape index (κ2) is 11.4. The van der Waals surface area contributed by atoms with Gasteiger partial charge >= 0.3 is 12.4 Å². The van der Waals surface area contributed by atoms with E-state index >= 15 is 0 Å². The summed E-state index contributed by atoms with van der Waals surface area (Å²) in [4.78, 5) is 3.56. The van der Waals surface area contributed by atoms with E-state index in [1.54, 1.807) is 0 Å². The highest BCUT2D eigenvalue weighted by molar-refractivity contribution is 5.46. The lowest BCUT2D eigenvalue weighted by molar-refractivity contribution is -0.137. The Kier molecular flexibility index (Phi) is 9.90. The van der Waals surface area contributed by atoms with Gasteiger partial charge in [0.05, 0.1) is 5.56 Å². The fourth-order valence-electron chi connectivity index (χ4n) is 2.72. The van der Waals surface area contributed by atoms with Gasteiger partial charge in [0.25, 0.3) is 0 Å². The number of aromatic nitrogens is 1. The van der Waals surface area contributed by atoms with Gasteiger partial charge in [-0.15, -0.1) is 0 Å². The molecule has 9 heteroatoms. The van der Waals surface area contributed by atoms with Gasteiger partial charge in [0.2, 0.25) is 0 Å². The lowest BCUT2D eigenvalue weighted by Gasteiger charge is -2.15. The molecule has 1 aromatic rings. The van der Waals surface area contributed by atoms with Crippen LogP contribution in [0.4, 0.5) is 32.2 Å². The molecule has 0 bridgehead atoms. The van der Waals surface area contributed by atoms with E-state index in [1.807, 2.05) is 0 Å². The monoisotopic (exact) mass is 399 g/mol. The quantitative estimate of drug-likeness (QED) is 0.350. The molecule has 0 amide bonds. The van der Waals surface area contributed by atoms with Crippen molar-refractivity contribution >= 4 is 5.82 Å². The van der Waals surface area contributed by atoms with E-state index in [2.05, 4.69) is 10.3 Å². The number of hydrogen-bond acceptors (Lipinski definition) is 3. The summed E-state index contributed by atoms with van der Waals surface area (Å²) in [6.45, 7) is -0.642. The van der Waals surface area contributed by atoms with E-state index in [-0.39, 0.29) is 17.8 Å². The molecule has 0 radical (unpaired) electrons. The number of anilines is 1. The van der Waals surface area contributed by atoms with Crippen molar-refractivity contribution in [3.05, 3.63) is 23.4 Å². The molecule has 1 rings (SSSR count). The van der Waals surface area contributed by atoms with Gasteiger partial charge in [0.1, 0.15) is 12.4 Å². The maximum atomic E-state index is 12.8. The molecule has 3 N–H and O–H groups in total. The van der Waals surface area contributed by atoms with Crippen molar-refractivity contribution in [2.75, 3.05) is 18.4 Å². The SMILES string of the molecule is NCCCCCCCCCCc1cc(C(F)(F)F)cnc1NCC(F)(F)F. The Morgan fingerprint density at radius 2 is 1.41 bits per heavy atom. The first-order valence-electron chi connectivity index (χ1n) is 9.20. The molecule has 0 saturated heterocycles. The van der Waals surface area contributed by atoms with Crippen molar-refractivity contribution in [1.82, 2.24) is 4.98 Å². The minimum Gasteiger partial charge on any atom is -0.361 e. The first-order chi connectivity index (χ1) is 12.6. The molecule has 0 unspecified atom stereocenters. The highest BCUT2D eigenvalue weighted by Crippen LogP contribution is 2.31. The summed E-state index contributed by atoms with van der Waals surface area (Å²) >= 11 is 0. The predicted octanol–water partition coefficient (Wildman–Crippen LogP) is 5.70. The molecule has 0 aliphatic carbocycles. The fourth-order valence-corrected chi connectivity index (χ4v) is 2.72. The lowest BCUT2D eigenvalue weighted by atomic mass is 10.0. The van der Waals surface area contributed by atoms with E-state index in [1.165, 1.54) is 0 Å². The minimum atomic E-state index is -4.58. The summed E-state index contributed by atoms with van der Waals surface area (Å²) in [5.41, 5.74) is 4.63. The summed E-state index contributed by atoms with van der Waals surface area (Å²) in [5, 5.41) is 2.10. The van der Waals surface area contributed by atoms with E-state index in [0.717, 1.165) is 51.0 Å². The molecular weight excluding hydrogens is 372 g/mol. The molecule has 0 aliphatic rings. The number of alkyl halides is 6. The van der Waals surface area contributed by atoms with Crippen molar-refractivity contribution in [2.24, 2.45) is 5.73 Å². The molecule has 27 heavy (non-hydrogen) atoms. The van der Waals surface area contributed by atoms with Crippen LogP contribution < -0.4 is 11.1 Å². The number of aryl methyl sites for hydroxylation is 1. The number of halogens is 6. The Morgan fingerprint density at radius 3 is 1.93 bits per heavy atom. The van der Waals surface area contributed by atoms with E-state index in [0.29, 0.717) is 19.2 Å². The van der Waals surface area contributed by atoms with Crippen molar-refractivity contribution in [3.8, 4) is 0 Å². The first-order valence-corrected chi connectivity index (χ1v) is 9.20. The number of hydrogen-bond donors (Lipinski definition) is 2. The Labute approximate surface area is 155 Å². The molecule has 1 aromatic heterocycles. The number of pyridine rings is 1. The first kappa shape index (κ1) is 23.5. The second-order valence-corrected chi connectivity index (χ2v) is 6.57. The molecule has 0 atom stereocenters. The van der Waals surface area contributed by atoms with Crippen LogP contribution in [-0.2, 0) is 12.6 Å². The number of nitrogens with one attached hydrogen (secondary N) is 1. The van der Waals surface area contributed by atoms with Crippen LogP contribution in [0, 0.1) is 0 Å². The van der Waals surface area contributed by atoms with Gasteiger partial charge in [-0.3, -0.25) is 0 Å². The lowest BCUT2D eigenvalue weighted by Crippen LogP contribution is -2.22. The molecule has 3 nitrogen and oxygen atoms in total. The summed E-state index contributed by atoms with van der Waals surface area (Å²) in [6.07, 6.45) is -0.531. The van der Waals surface area contributed by atoms with Gasteiger partial charge in [0, 0.05) is 6.20 Å². The van der Waals surface area contributed by atoms with Crippen LogP contribution in [0.15, 0.2) is 12.3 Å². The van der Waals surface area contributed by atoms with E-state index < -0.39 is 24.5 Å². The zero-order valence-electron chi connectivity index (χ0n) is 15.2. The van der Waals surface area contributed by atoms with Crippen molar-refractivity contribution in [3.63, 3.8) is 0 Å². The van der Waals surface area contributed by atoms with Crippen LogP contribution in [0.3, 0.4) is 0 Å². The summed E-state index contributed by atoms with van der Waals surface area (Å²) in [7, 11) is 0. The minimum absolute atomic E-state index is 0.137. The predicted molar refractivity (Wildman–Crippen MR) is 93.5 cm³/mol. The largest absolute Gasteiger partial charge is 0.417 e. The van der Waals surface area contributed by atoms with Gasteiger partial charge < -0.3 is 11.1 Å². The van der Waals surface area contributed by atoms with Crippen molar-refractivity contribution in [1.29, 1.82) is 0 Å². The summed E-state index contributed by atoms with van der Waals surface area (Å²) < 4.78 is 75.6. The zero-order valence-corrected chi connectivity index (χ0v) is 15.2. The van der Waals surface area contributed by atoms with Crippen molar-refractivity contribution < 1.29 is 26.3 Å². The molecule has 0 aliphatic heterocycles. The van der Waals surface area contributed by atoms with Crippen LogP contribution in [0.25, 0.3) is 0 Å². The Bertz CT molecular complexity index is 543. The normalized spacial score (nSPS) is 12.4. The maximum Gasteiger partial charge on any atom is 0.417 e. The van der Waals surface area contributed by atoms with Gasteiger partial charge in [-0.1, -0.05) is 38.5 Å². The number of rotatable bonds is 12. The third-order valence-corrected chi connectivity index (χ3v) is 4.15. The fraction of sp³-hybridized carbons (Fsp3) is 0.722. The average molecular weight is 399 g/mol. The van der Waals surface area contributed by atoms with E-state index in [4.69, 9.17) is 5.73 Å². The summed E-state index contributed by atoms with van der Waals surface area (Å²) in [5.74, 6) is -0.137. The van der Waals surface area contributed by atoms with Gasteiger partial charge in [-0.2, -0.15) is 26.3 Å². The van der Waals surface area contributed by atoms with Crippen molar-refractivity contribution in [2.45, 2.75) is 70.1 Å². The molecular formula is C18H27F6N3. The Morgan fingerprint density at radius 1 is 0.852 bits per heavy atom. The van der Waals surface area contributed by atoms with Gasteiger partial charge in [-0.25, -0.2) is 4.98 Å². The number of nitrogens with two attached hydrogens (primary N) is 1. The summed E-state index contributed by atoms with van der Waals surface area (Å²) in [6, 6.07) is 0.887. The van der Waals surface area contributed by atoms with Crippen LogP contribution in [0.2, 0.25) is 0 Å². The highest BCUT2D eigenvalue weighted by Gasteiger charge is 2.32. The molecule has 0 saturated carbocycles. The third kappa shape index (κ3) is 10.4. The number of unbranched alkanes of at least 4 members (excludes halogenated alkanes) is 7. The Hall–Kier alpha value is -1.51.